The molecule has 0 fully saturated rings. The van der Waals surface area contributed by atoms with Crippen molar-refractivity contribution >= 4 is 22.4 Å². The second-order valence-electron chi connectivity index (χ2n) is 4.26. The van der Waals surface area contributed by atoms with Crippen LogP contribution in [-0.2, 0) is 4.79 Å². The minimum Gasteiger partial charge on any atom is -0.298 e. The number of carbonyl (C=O) groups excluding carboxylic acids is 1. The van der Waals surface area contributed by atoms with E-state index < -0.39 is 0 Å². The lowest BCUT2D eigenvalue weighted by atomic mass is 10.2. The van der Waals surface area contributed by atoms with Crippen LogP contribution in [0, 0.1) is 5.82 Å². The molecule has 98 valence electrons. The lowest BCUT2D eigenvalue weighted by molar-refractivity contribution is -0.111. The van der Waals surface area contributed by atoms with E-state index in [1.807, 2.05) is 19.2 Å². The van der Waals surface area contributed by atoms with Crippen LogP contribution in [0.25, 0.3) is 11.3 Å². The first-order valence-electron chi connectivity index (χ1n) is 5.72. The van der Waals surface area contributed by atoms with Gasteiger partial charge in [-0.25, -0.2) is 9.37 Å². The number of benzene rings is 1. The largest absolute Gasteiger partial charge is 0.298 e. The van der Waals surface area contributed by atoms with Crippen molar-refractivity contribution in [3.63, 3.8) is 0 Å². The first-order chi connectivity index (χ1) is 9.04. The van der Waals surface area contributed by atoms with Crippen LogP contribution < -0.4 is 5.32 Å². The molecule has 0 aliphatic heterocycles. The third-order valence-electron chi connectivity index (χ3n) is 2.29. The molecule has 1 aromatic heterocycles. The van der Waals surface area contributed by atoms with Gasteiger partial charge in [0.2, 0.25) is 5.91 Å². The molecule has 0 saturated heterocycles. The van der Waals surface area contributed by atoms with Gasteiger partial charge in [-0.05, 0) is 38.1 Å². The van der Waals surface area contributed by atoms with Crippen LogP contribution in [0.3, 0.4) is 0 Å². The maximum Gasteiger partial charge on any atom is 0.250 e. The fraction of sp³-hybridized carbons (Fsp3) is 0.143. The van der Waals surface area contributed by atoms with Crippen LogP contribution in [0.2, 0.25) is 0 Å². The number of aromatic nitrogens is 1. The number of hydrogen-bond acceptors (Lipinski definition) is 3. The summed E-state index contributed by atoms with van der Waals surface area (Å²) in [6.07, 6.45) is 1.51. The molecule has 1 aromatic carbocycles. The molecule has 5 heteroatoms. The molecule has 1 amide bonds. The number of thiazole rings is 1. The Morgan fingerprint density at radius 3 is 2.63 bits per heavy atom. The molecular weight excluding hydrogens is 263 g/mol. The molecule has 1 heterocycles. The molecule has 2 rings (SSSR count). The monoisotopic (exact) mass is 276 g/mol. The van der Waals surface area contributed by atoms with Gasteiger partial charge in [-0.3, -0.25) is 10.1 Å². The summed E-state index contributed by atoms with van der Waals surface area (Å²) in [5, 5.41) is 5.05. The lowest BCUT2D eigenvalue weighted by Crippen LogP contribution is -2.07. The van der Waals surface area contributed by atoms with Gasteiger partial charge in [0, 0.05) is 17.0 Å². The predicted octanol–water partition coefficient (Wildman–Crippen LogP) is 3.85. The Morgan fingerprint density at radius 2 is 2.00 bits per heavy atom. The average Bonchev–Trinajstić information content (AvgIpc) is 2.77. The second kappa shape index (κ2) is 5.75. The molecule has 0 atom stereocenters. The number of hydrogen-bond donors (Lipinski definition) is 1. The van der Waals surface area contributed by atoms with Gasteiger partial charge in [0.15, 0.2) is 5.13 Å². The minimum absolute atomic E-state index is 0.194. The number of nitrogens with one attached hydrogen (secondary N) is 1. The molecule has 0 saturated carbocycles. The van der Waals surface area contributed by atoms with Crippen molar-refractivity contribution in [2.75, 3.05) is 5.32 Å². The van der Waals surface area contributed by atoms with E-state index in [0.717, 1.165) is 16.8 Å². The summed E-state index contributed by atoms with van der Waals surface area (Å²) in [7, 11) is 0. The molecule has 2 aromatic rings. The highest BCUT2D eigenvalue weighted by molar-refractivity contribution is 7.14. The van der Waals surface area contributed by atoms with Crippen molar-refractivity contribution in [2.45, 2.75) is 13.8 Å². The molecule has 0 spiro atoms. The standard InChI is InChI=1S/C14H13FN2OS/c1-9(2)7-13(18)17-14-16-12(8-19-14)10-3-5-11(15)6-4-10/h3-8H,1-2H3,(H,16,17,18). The lowest BCUT2D eigenvalue weighted by Gasteiger charge is -1.97. The highest BCUT2D eigenvalue weighted by Gasteiger charge is 2.06. The van der Waals surface area contributed by atoms with Gasteiger partial charge < -0.3 is 0 Å². The molecular formula is C14H13FN2OS. The first kappa shape index (κ1) is 13.4. The van der Waals surface area contributed by atoms with E-state index in [2.05, 4.69) is 10.3 Å². The number of halogens is 1. The summed E-state index contributed by atoms with van der Waals surface area (Å²) < 4.78 is 12.8. The Balaban J connectivity index is 2.13. The summed E-state index contributed by atoms with van der Waals surface area (Å²) in [6.45, 7) is 3.71. The Kier molecular flexibility index (Phi) is 4.06. The van der Waals surface area contributed by atoms with Gasteiger partial charge in [0.25, 0.3) is 0 Å². The van der Waals surface area contributed by atoms with Crippen LogP contribution in [-0.4, -0.2) is 10.9 Å². The van der Waals surface area contributed by atoms with Crippen molar-refractivity contribution in [3.8, 4) is 11.3 Å². The molecule has 0 radical (unpaired) electrons. The molecule has 0 aliphatic carbocycles. The van der Waals surface area contributed by atoms with Gasteiger partial charge in [-0.1, -0.05) is 5.57 Å². The van der Waals surface area contributed by atoms with Crippen LogP contribution in [0.5, 0.6) is 0 Å². The number of carbonyl (C=O) groups is 1. The summed E-state index contributed by atoms with van der Waals surface area (Å²) in [5.74, 6) is -0.476. The third-order valence-corrected chi connectivity index (χ3v) is 3.05. The first-order valence-corrected chi connectivity index (χ1v) is 6.60. The molecule has 0 unspecified atom stereocenters. The van der Waals surface area contributed by atoms with Crippen molar-refractivity contribution in [3.05, 3.63) is 47.1 Å². The number of anilines is 1. The number of allylic oxidation sites excluding steroid dienone is 1. The summed E-state index contributed by atoms with van der Waals surface area (Å²) in [6, 6.07) is 6.09. The van der Waals surface area contributed by atoms with Crippen molar-refractivity contribution in [1.82, 2.24) is 4.98 Å². The summed E-state index contributed by atoms with van der Waals surface area (Å²) >= 11 is 1.34. The smallest absolute Gasteiger partial charge is 0.250 e. The van der Waals surface area contributed by atoms with Gasteiger partial charge in [-0.2, -0.15) is 0 Å². The van der Waals surface area contributed by atoms with E-state index in [9.17, 15) is 9.18 Å². The second-order valence-corrected chi connectivity index (χ2v) is 5.11. The van der Waals surface area contributed by atoms with Crippen LogP contribution >= 0.6 is 11.3 Å². The molecule has 0 aliphatic rings. The van der Waals surface area contributed by atoms with Crippen molar-refractivity contribution < 1.29 is 9.18 Å². The van der Waals surface area contributed by atoms with E-state index >= 15 is 0 Å². The normalized spacial score (nSPS) is 10.1. The van der Waals surface area contributed by atoms with E-state index in [1.54, 1.807) is 12.1 Å². The zero-order valence-electron chi connectivity index (χ0n) is 10.6. The van der Waals surface area contributed by atoms with Crippen LogP contribution in [0.15, 0.2) is 41.3 Å². The van der Waals surface area contributed by atoms with Gasteiger partial charge in [0.05, 0.1) is 5.69 Å². The highest BCUT2D eigenvalue weighted by atomic mass is 32.1. The average molecular weight is 276 g/mol. The Bertz CT molecular complexity index is 613. The van der Waals surface area contributed by atoms with E-state index in [4.69, 9.17) is 0 Å². The highest BCUT2D eigenvalue weighted by Crippen LogP contribution is 2.24. The predicted molar refractivity (Wildman–Crippen MR) is 75.6 cm³/mol. The Labute approximate surface area is 114 Å². The summed E-state index contributed by atoms with van der Waals surface area (Å²) in [4.78, 5) is 15.8. The zero-order valence-corrected chi connectivity index (χ0v) is 11.4. The maximum atomic E-state index is 12.8. The van der Waals surface area contributed by atoms with Crippen molar-refractivity contribution in [2.24, 2.45) is 0 Å². The summed E-state index contributed by atoms with van der Waals surface area (Å²) in [5.41, 5.74) is 2.46. The van der Waals surface area contributed by atoms with Gasteiger partial charge in [-0.15, -0.1) is 11.3 Å². The number of amides is 1. The van der Waals surface area contributed by atoms with E-state index in [1.165, 1.54) is 29.5 Å². The Hall–Kier alpha value is -2.01. The topological polar surface area (TPSA) is 42.0 Å². The minimum atomic E-state index is -0.281. The number of nitrogens with zero attached hydrogens (tertiary/aromatic N) is 1. The van der Waals surface area contributed by atoms with Crippen LogP contribution in [0.1, 0.15) is 13.8 Å². The Morgan fingerprint density at radius 1 is 1.32 bits per heavy atom. The van der Waals surface area contributed by atoms with Crippen LogP contribution in [0.4, 0.5) is 9.52 Å². The SMILES string of the molecule is CC(C)=CC(=O)Nc1nc(-c2ccc(F)cc2)cs1. The molecule has 19 heavy (non-hydrogen) atoms. The zero-order chi connectivity index (χ0) is 13.8. The molecule has 3 nitrogen and oxygen atoms in total. The maximum absolute atomic E-state index is 12.8. The molecule has 0 bridgehead atoms. The van der Waals surface area contributed by atoms with Gasteiger partial charge >= 0.3 is 0 Å². The molecule has 1 N–H and O–H groups in total. The van der Waals surface area contributed by atoms with Crippen molar-refractivity contribution in [1.29, 1.82) is 0 Å². The van der Waals surface area contributed by atoms with E-state index in [0.29, 0.717) is 5.13 Å². The fourth-order valence-electron chi connectivity index (χ4n) is 1.49. The third kappa shape index (κ3) is 3.72. The van der Waals surface area contributed by atoms with E-state index in [-0.39, 0.29) is 11.7 Å². The van der Waals surface area contributed by atoms with Gasteiger partial charge in [0.1, 0.15) is 5.82 Å². The quantitative estimate of drug-likeness (QED) is 0.865. The number of rotatable bonds is 3. The fourth-order valence-corrected chi connectivity index (χ4v) is 2.21.